The number of para-hydroxylation sites is 1. The van der Waals surface area contributed by atoms with E-state index in [9.17, 15) is 9.00 Å². The van der Waals surface area contributed by atoms with Crippen LogP contribution in [0.15, 0.2) is 24.3 Å². The number of carbonyl (C=O) groups is 1. The van der Waals surface area contributed by atoms with E-state index in [1.54, 1.807) is 6.26 Å². The zero-order chi connectivity index (χ0) is 16.1. The van der Waals surface area contributed by atoms with Gasteiger partial charge < -0.3 is 10.2 Å². The molecule has 122 valence electrons. The van der Waals surface area contributed by atoms with Gasteiger partial charge in [0.2, 0.25) is 0 Å². The van der Waals surface area contributed by atoms with Crippen molar-refractivity contribution in [1.29, 1.82) is 0 Å². The predicted octanol–water partition coefficient (Wildman–Crippen LogP) is 3.61. The third-order valence-electron chi connectivity index (χ3n) is 4.20. The number of hydrogen-bond acceptors (Lipinski definition) is 2. The molecule has 2 amide bonds. The van der Waals surface area contributed by atoms with E-state index in [-0.39, 0.29) is 6.03 Å². The van der Waals surface area contributed by atoms with Crippen molar-refractivity contribution in [1.82, 2.24) is 4.90 Å². The van der Waals surface area contributed by atoms with Crippen molar-refractivity contribution < 1.29 is 9.00 Å². The summed E-state index contributed by atoms with van der Waals surface area (Å²) in [7, 11) is -0.926. The van der Waals surface area contributed by atoms with Gasteiger partial charge in [-0.05, 0) is 36.8 Å². The molecule has 4 nitrogen and oxygen atoms in total. The molecule has 1 heterocycles. The molecule has 0 saturated carbocycles. The van der Waals surface area contributed by atoms with Crippen molar-refractivity contribution >= 4 is 22.5 Å². The first kappa shape index (κ1) is 17.0. The van der Waals surface area contributed by atoms with E-state index in [2.05, 4.69) is 19.2 Å². The van der Waals surface area contributed by atoms with Crippen molar-refractivity contribution in [2.45, 2.75) is 44.9 Å². The van der Waals surface area contributed by atoms with Crippen LogP contribution in [0.1, 0.15) is 38.7 Å². The molecule has 0 unspecified atom stereocenters. The molecule has 2 atom stereocenters. The number of anilines is 1. The first-order chi connectivity index (χ1) is 10.5. The van der Waals surface area contributed by atoms with Crippen LogP contribution in [0.3, 0.4) is 0 Å². The molecule has 1 aliphatic heterocycles. The summed E-state index contributed by atoms with van der Waals surface area (Å²) in [6, 6.07) is 7.89. The molecule has 0 aliphatic carbocycles. The van der Waals surface area contributed by atoms with E-state index < -0.39 is 10.8 Å². The maximum Gasteiger partial charge on any atom is 0.322 e. The lowest BCUT2D eigenvalue weighted by molar-refractivity contribution is 0.138. The highest BCUT2D eigenvalue weighted by Gasteiger charge is 2.29. The van der Waals surface area contributed by atoms with E-state index in [1.165, 1.54) is 6.42 Å². The number of benzene rings is 1. The summed E-state index contributed by atoms with van der Waals surface area (Å²) in [6.45, 7) is 5.16. The molecule has 5 heteroatoms. The molecule has 1 fully saturated rings. The third kappa shape index (κ3) is 4.32. The van der Waals surface area contributed by atoms with Crippen LogP contribution in [0, 0.1) is 5.92 Å². The van der Waals surface area contributed by atoms with Gasteiger partial charge in [-0.15, -0.1) is 0 Å². The van der Waals surface area contributed by atoms with Gasteiger partial charge >= 0.3 is 6.03 Å². The summed E-state index contributed by atoms with van der Waals surface area (Å²) in [4.78, 5) is 14.6. The highest BCUT2D eigenvalue weighted by atomic mass is 32.2. The Labute approximate surface area is 135 Å². The molecule has 0 bridgehead atoms. The van der Waals surface area contributed by atoms with Gasteiger partial charge in [-0.25, -0.2) is 4.79 Å². The first-order valence-corrected chi connectivity index (χ1v) is 9.67. The Kier molecular flexibility index (Phi) is 6.00. The fourth-order valence-electron chi connectivity index (χ4n) is 3.08. The van der Waals surface area contributed by atoms with E-state index in [0.29, 0.717) is 17.7 Å². The SMILES string of the molecule is CC(C)[C@@H]1CCCCN1C(=O)Nc1ccccc1C[S@@](C)=O. The number of hydrogen-bond donors (Lipinski definition) is 1. The fraction of sp³-hybridized carbons (Fsp3) is 0.588. The monoisotopic (exact) mass is 322 g/mol. The third-order valence-corrected chi connectivity index (χ3v) is 4.91. The molecular weight excluding hydrogens is 296 g/mol. The van der Waals surface area contributed by atoms with Gasteiger partial charge in [-0.3, -0.25) is 4.21 Å². The van der Waals surface area contributed by atoms with Gasteiger partial charge in [-0.1, -0.05) is 32.0 Å². The number of urea groups is 1. The van der Waals surface area contributed by atoms with Gasteiger partial charge in [0.05, 0.1) is 5.75 Å². The number of nitrogens with zero attached hydrogens (tertiary/aromatic N) is 1. The van der Waals surface area contributed by atoms with Gasteiger partial charge in [-0.2, -0.15) is 0 Å². The molecule has 22 heavy (non-hydrogen) atoms. The number of piperidine rings is 1. The van der Waals surface area contributed by atoms with Crippen molar-refractivity contribution in [3.63, 3.8) is 0 Å². The van der Waals surface area contributed by atoms with Crippen LogP contribution >= 0.6 is 0 Å². The standard InChI is InChI=1S/C17H26N2O2S/c1-13(2)16-10-6-7-11-19(16)17(20)18-15-9-5-4-8-14(15)12-22(3)21/h4-5,8-9,13,16H,6-7,10-12H2,1-3H3,(H,18,20)/t16-,22+/m0/s1. The summed E-state index contributed by atoms with van der Waals surface area (Å²) in [5, 5.41) is 3.02. The van der Waals surface area contributed by atoms with Crippen molar-refractivity contribution in [3.8, 4) is 0 Å². The van der Waals surface area contributed by atoms with Crippen LogP contribution in [0.4, 0.5) is 10.5 Å². The molecule has 0 radical (unpaired) electrons. The molecule has 1 aliphatic rings. The predicted molar refractivity (Wildman–Crippen MR) is 92.4 cm³/mol. The quantitative estimate of drug-likeness (QED) is 0.920. The van der Waals surface area contributed by atoms with Crippen molar-refractivity contribution in [3.05, 3.63) is 29.8 Å². The number of rotatable bonds is 4. The maximum atomic E-state index is 12.7. The number of likely N-dealkylation sites (tertiary alicyclic amines) is 1. The minimum Gasteiger partial charge on any atom is -0.321 e. The average molecular weight is 322 g/mol. The smallest absolute Gasteiger partial charge is 0.321 e. The van der Waals surface area contributed by atoms with Crippen LogP contribution in [-0.4, -0.2) is 34.0 Å². The molecular formula is C17H26N2O2S. The largest absolute Gasteiger partial charge is 0.322 e. The Morgan fingerprint density at radius 1 is 1.36 bits per heavy atom. The molecule has 2 rings (SSSR count). The second-order valence-corrected chi connectivity index (χ2v) is 7.74. The van der Waals surface area contributed by atoms with Crippen LogP contribution in [-0.2, 0) is 16.6 Å². The van der Waals surface area contributed by atoms with Gasteiger partial charge in [0.1, 0.15) is 0 Å². The molecule has 0 spiro atoms. The van der Waals surface area contributed by atoms with Crippen LogP contribution in [0.2, 0.25) is 0 Å². The van der Waals surface area contributed by atoms with E-state index in [4.69, 9.17) is 0 Å². The molecule has 0 aromatic heterocycles. The second-order valence-electron chi connectivity index (χ2n) is 6.31. The minimum atomic E-state index is -0.926. The van der Waals surface area contributed by atoms with Gasteiger partial charge in [0.15, 0.2) is 0 Å². The fourth-order valence-corrected chi connectivity index (χ4v) is 3.77. The van der Waals surface area contributed by atoms with E-state index >= 15 is 0 Å². The Morgan fingerprint density at radius 2 is 2.09 bits per heavy atom. The molecule has 1 aromatic carbocycles. The van der Waals surface area contributed by atoms with E-state index in [0.717, 1.165) is 30.6 Å². The molecule has 1 N–H and O–H groups in total. The lowest BCUT2D eigenvalue weighted by Gasteiger charge is -2.38. The zero-order valence-corrected chi connectivity index (χ0v) is 14.5. The van der Waals surface area contributed by atoms with Gasteiger partial charge in [0, 0.05) is 35.3 Å². The summed E-state index contributed by atoms with van der Waals surface area (Å²) < 4.78 is 11.5. The average Bonchev–Trinajstić information content (AvgIpc) is 2.48. The highest BCUT2D eigenvalue weighted by molar-refractivity contribution is 7.83. The Hall–Kier alpha value is -1.36. The van der Waals surface area contributed by atoms with Crippen LogP contribution in [0.25, 0.3) is 0 Å². The Morgan fingerprint density at radius 3 is 2.77 bits per heavy atom. The lowest BCUT2D eigenvalue weighted by atomic mass is 9.93. The number of carbonyl (C=O) groups excluding carboxylic acids is 1. The number of amides is 2. The maximum absolute atomic E-state index is 12.7. The normalized spacial score (nSPS) is 20.0. The molecule has 1 aromatic rings. The Bertz CT molecular complexity index is 545. The highest BCUT2D eigenvalue weighted by Crippen LogP contribution is 2.25. The van der Waals surface area contributed by atoms with Crippen molar-refractivity contribution in [2.75, 3.05) is 18.1 Å². The first-order valence-electron chi connectivity index (χ1n) is 7.94. The number of nitrogens with one attached hydrogen (secondary N) is 1. The second kappa shape index (κ2) is 7.77. The van der Waals surface area contributed by atoms with Gasteiger partial charge in [0.25, 0.3) is 0 Å². The van der Waals surface area contributed by atoms with Crippen LogP contribution in [0.5, 0.6) is 0 Å². The summed E-state index contributed by atoms with van der Waals surface area (Å²) in [6.07, 6.45) is 5.01. The van der Waals surface area contributed by atoms with Crippen LogP contribution < -0.4 is 5.32 Å². The summed E-state index contributed by atoms with van der Waals surface area (Å²) in [5.41, 5.74) is 1.70. The summed E-state index contributed by atoms with van der Waals surface area (Å²) in [5.74, 6) is 0.925. The van der Waals surface area contributed by atoms with Crippen molar-refractivity contribution in [2.24, 2.45) is 5.92 Å². The minimum absolute atomic E-state index is 0.0345. The Balaban J connectivity index is 2.12. The lowest BCUT2D eigenvalue weighted by Crippen LogP contribution is -2.48. The zero-order valence-electron chi connectivity index (χ0n) is 13.7. The van der Waals surface area contributed by atoms with E-state index in [1.807, 2.05) is 29.2 Å². The summed E-state index contributed by atoms with van der Waals surface area (Å²) >= 11 is 0. The molecule has 1 saturated heterocycles. The topological polar surface area (TPSA) is 49.4 Å².